The largest absolute Gasteiger partial charge is 0.396 e. The van der Waals surface area contributed by atoms with Crippen LogP contribution in [0, 0.1) is 5.41 Å². The number of hydrogen-bond acceptors (Lipinski definition) is 2. The minimum atomic E-state index is 0.0655. The van der Waals surface area contributed by atoms with Gasteiger partial charge in [-0.25, -0.2) is 0 Å². The van der Waals surface area contributed by atoms with Crippen molar-refractivity contribution in [3.8, 4) is 0 Å². The molecule has 1 rings (SSSR count). The molecule has 2 nitrogen and oxygen atoms in total. The van der Waals surface area contributed by atoms with Gasteiger partial charge in [0.05, 0.1) is 12.7 Å². The summed E-state index contributed by atoms with van der Waals surface area (Å²) in [7, 11) is 0. The van der Waals surface area contributed by atoms with E-state index in [4.69, 9.17) is 9.84 Å². The molecule has 2 atom stereocenters. The molecule has 0 radical (unpaired) electrons. The monoisotopic (exact) mass is 144 g/mol. The molecule has 2 unspecified atom stereocenters. The third-order valence-electron chi connectivity index (χ3n) is 2.48. The van der Waals surface area contributed by atoms with Gasteiger partial charge in [0, 0.05) is 12.0 Å². The Morgan fingerprint density at radius 3 is 2.70 bits per heavy atom. The Hall–Kier alpha value is -0.0800. The van der Waals surface area contributed by atoms with E-state index < -0.39 is 0 Å². The maximum Gasteiger partial charge on any atom is 0.0650 e. The first-order valence-electron chi connectivity index (χ1n) is 3.95. The van der Waals surface area contributed by atoms with Gasteiger partial charge in [0.1, 0.15) is 0 Å². The number of rotatable bonds is 3. The fourth-order valence-electron chi connectivity index (χ4n) is 1.42. The van der Waals surface area contributed by atoms with E-state index in [9.17, 15) is 0 Å². The Morgan fingerprint density at radius 1 is 1.70 bits per heavy atom. The molecule has 0 spiro atoms. The number of hydrogen-bond donors (Lipinski definition) is 1. The molecule has 0 aromatic rings. The SMILES string of the molecule is CCOC1CCC1(C)CO. The van der Waals surface area contributed by atoms with E-state index in [-0.39, 0.29) is 12.0 Å². The van der Waals surface area contributed by atoms with Gasteiger partial charge in [0.25, 0.3) is 0 Å². The summed E-state index contributed by atoms with van der Waals surface area (Å²) in [5.41, 5.74) is 0.0655. The lowest BCUT2D eigenvalue weighted by Gasteiger charge is -2.45. The lowest BCUT2D eigenvalue weighted by Crippen LogP contribution is -2.46. The van der Waals surface area contributed by atoms with Gasteiger partial charge in [-0.2, -0.15) is 0 Å². The van der Waals surface area contributed by atoms with Crippen LogP contribution >= 0.6 is 0 Å². The molecular formula is C8H16O2. The Morgan fingerprint density at radius 2 is 2.40 bits per heavy atom. The maximum absolute atomic E-state index is 8.96. The van der Waals surface area contributed by atoms with Crippen LogP contribution in [-0.2, 0) is 4.74 Å². The van der Waals surface area contributed by atoms with E-state index in [1.165, 1.54) is 0 Å². The standard InChI is InChI=1S/C8H16O2/c1-3-10-7-4-5-8(7,2)6-9/h7,9H,3-6H2,1-2H3. The number of ether oxygens (including phenoxy) is 1. The van der Waals surface area contributed by atoms with Crippen LogP contribution in [0.3, 0.4) is 0 Å². The van der Waals surface area contributed by atoms with Crippen LogP contribution < -0.4 is 0 Å². The van der Waals surface area contributed by atoms with Crippen molar-refractivity contribution >= 4 is 0 Å². The molecule has 1 fully saturated rings. The van der Waals surface area contributed by atoms with Crippen molar-refractivity contribution in [1.82, 2.24) is 0 Å². The molecule has 10 heavy (non-hydrogen) atoms. The first-order chi connectivity index (χ1) is 4.73. The van der Waals surface area contributed by atoms with Crippen LogP contribution in [0.25, 0.3) is 0 Å². The predicted octanol–water partition coefficient (Wildman–Crippen LogP) is 1.18. The first-order valence-corrected chi connectivity index (χ1v) is 3.95. The molecule has 2 heteroatoms. The Balaban J connectivity index is 2.34. The summed E-state index contributed by atoms with van der Waals surface area (Å²) in [6.45, 7) is 5.10. The minimum Gasteiger partial charge on any atom is -0.396 e. The van der Waals surface area contributed by atoms with E-state index in [2.05, 4.69) is 6.92 Å². The van der Waals surface area contributed by atoms with Crippen LogP contribution in [0.5, 0.6) is 0 Å². The average molecular weight is 144 g/mol. The molecule has 0 saturated heterocycles. The summed E-state index contributed by atoms with van der Waals surface area (Å²) in [6, 6.07) is 0. The molecule has 0 amide bonds. The summed E-state index contributed by atoms with van der Waals surface area (Å²) in [4.78, 5) is 0. The van der Waals surface area contributed by atoms with Crippen LogP contribution in [-0.4, -0.2) is 24.4 Å². The fourth-order valence-corrected chi connectivity index (χ4v) is 1.42. The number of aliphatic hydroxyl groups excluding tert-OH is 1. The highest BCUT2D eigenvalue weighted by molar-refractivity contribution is 4.92. The van der Waals surface area contributed by atoms with Gasteiger partial charge in [-0.3, -0.25) is 0 Å². The second kappa shape index (κ2) is 2.89. The van der Waals surface area contributed by atoms with Gasteiger partial charge in [-0.1, -0.05) is 6.92 Å². The quantitative estimate of drug-likeness (QED) is 0.644. The van der Waals surface area contributed by atoms with Crippen LogP contribution in [0.4, 0.5) is 0 Å². The van der Waals surface area contributed by atoms with Crippen LogP contribution in [0.15, 0.2) is 0 Å². The molecule has 0 aromatic carbocycles. The summed E-state index contributed by atoms with van der Waals surface area (Å²) in [5.74, 6) is 0. The highest BCUT2D eigenvalue weighted by Gasteiger charge is 2.42. The molecule has 1 aliphatic rings. The molecule has 60 valence electrons. The van der Waals surface area contributed by atoms with Crippen molar-refractivity contribution in [2.45, 2.75) is 32.8 Å². The zero-order chi connectivity index (χ0) is 7.61. The van der Waals surface area contributed by atoms with Crippen LogP contribution in [0.1, 0.15) is 26.7 Å². The summed E-state index contributed by atoms with van der Waals surface area (Å²) < 4.78 is 5.42. The normalized spacial score (nSPS) is 39.3. The second-order valence-corrected chi connectivity index (χ2v) is 3.29. The van der Waals surface area contributed by atoms with Gasteiger partial charge in [0.2, 0.25) is 0 Å². The van der Waals surface area contributed by atoms with Gasteiger partial charge < -0.3 is 9.84 Å². The average Bonchev–Trinajstić information content (AvgIpc) is 1.96. The third kappa shape index (κ3) is 1.18. The van der Waals surface area contributed by atoms with Gasteiger partial charge in [-0.05, 0) is 19.8 Å². The smallest absolute Gasteiger partial charge is 0.0650 e. The molecule has 1 saturated carbocycles. The van der Waals surface area contributed by atoms with Crippen molar-refractivity contribution < 1.29 is 9.84 Å². The summed E-state index contributed by atoms with van der Waals surface area (Å²) in [5, 5.41) is 8.96. The summed E-state index contributed by atoms with van der Waals surface area (Å²) in [6.07, 6.45) is 2.53. The lowest BCUT2D eigenvalue weighted by molar-refractivity contribution is -0.120. The zero-order valence-corrected chi connectivity index (χ0v) is 6.76. The minimum absolute atomic E-state index is 0.0655. The van der Waals surface area contributed by atoms with E-state index >= 15 is 0 Å². The van der Waals surface area contributed by atoms with Crippen molar-refractivity contribution in [2.75, 3.05) is 13.2 Å². The maximum atomic E-state index is 8.96. The van der Waals surface area contributed by atoms with Crippen molar-refractivity contribution in [1.29, 1.82) is 0 Å². The molecule has 1 aliphatic carbocycles. The summed E-state index contributed by atoms with van der Waals surface area (Å²) >= 11 is 0. The van der Waals surface area contributed by atoms with Crippen LogP contribution in [0.2, 0.25) is 0 Å². The molecule has 0 aromatic heterocycles. The van der Waals surface area contributed by atoms with Crippen molar-refractivity contribution in [3.05, 3.63) is 0 Å². The molecular weight excluding hydrogens is 128 g/mol. The first kappa shape index (κ1) is 8.02. The predicted molar refractivity (Wildman–Crippen MR) is 39.8 cm³/mol. The lowest BCUT2D eigenvalue weighted by atomic mass is 9.68. The van der Waals surface area contributed by atoms with Gasteiger partial charge in [0.15, 0.2) is 0 Å². The van der Waals surface area contributed by atoms with Crippen molar-refractivity contribution in [3.63, 3.8) is 0 Å². The van der Waals surface area contributed by atoms with E-state index in [1.54, 1.807) is 0 Å². The Kier molecular flexibility index (Phi) is 2.32. The van der Waals surface area contributed by atoms with Gasteiger partial charge >= 0.3 is 0 Å². The second-order valence-electron chi connectivity index (χ2n) is 3.29. The van der Waals surface area contributed by atoms with E-state index in [0.29, 0.717) is 6.10 Å². The van der Waals surface area contributed by atoms with Gasteiger partial charge in [-0.15, -0.1) is 0 Å². The zero-order valence-electron chi connectivity index (χ0n) is 6.76. The molecule has 0 aliphatic heterocycles. The number of aliphatic hydroxyl groups is 1. The molecule has 0 heterocycles. The van der Waals surface area contributed by atoms with E-state index in [1.807, 2.05) is 6.92 Å². The highest BCUT2D eigenvalue weighted by Crippen LogP contribution is 2.42. The molecule has 0 bridgehead atoms. The van der Waals surface area contributed by atoms with Crippen molar-refractivity contribution in [2.24, 2.45) is 5.41 Å². The topological polar surface area (TPSA) is 29.5 Å². The Bertz CT molecular complexity index is 110. The highest BCUT2D eigenvalue weighted by atomic mass is 16.5. The molecule has 1 N–H and O–H groups in total. The third-order valence-corrected chi connectivity index (χ3v) is 2.48. The van der Waals surface area contributed by atoms with E-state index in [0.717, 1.165) is 19.4 Å². The Labute approximate surface area is 62.2 Å². The fraction of sp³-hybridized carbons (Fsp3) is 1.00.